The molecule has 0 saturated carbocycles. The monoisotopic (exact) mass is 671 g/mol. The standard InChI is InChI=1S/C34H45N3O9S/c1-19-8-7-9-20(2)23(19)16-35-30(39)29-34(3,4)47-18-37(29)31(40)28(38)24(14-21-10-11-25(42-5)26(15-21)43-6)36-33(41)46-27-17-45-32-22(27)12-13-44-32/h7-11,15,22,24,27-29,32,38H,12-14,16-18H2,1-6H3,(H,35,39)(H,36,41)/t22-,24-,27-,28-,29+,32+/m0/s1. The van der Waals surface area contributed by atoms with Gasteiger partial charge in [-0.3, -0.25) is 9.59 Å². The van der Waals surface area contributed by atoms with E-state index in [2.05, 4.69) is 10.6 Å². The van der Waals surface area contributed by atoms with Crippen LogP contribution >= 0.6 is 11.8 Å². The quantitative estimate of drug-likeness (QED) is 0.326. The smallest absolute Gasteiger partial charge is 0.407 e. The summed E-state index contributed by atoms with van der Waals surface area (Å²) in [6, 6.07) is 9.20. The molecule has 0 bridgehead atoms. The minimum Gasteiger partial charge on any atom is -0.493 e. The average Bonchev–Trinajstić information content (AvgIpc) is 3.75. The van der Waals surface area contributed by atoms with Crippen molar-refractivity contribution in [2.75, 3.05) is 33.3 Å². The maximum absolute atomic E-state index is 14.1. The lowest BCUT2D eigenvalue weighted by atomic mass is 9.96. The molecule has 3 aliphatic heterocycles. The third kappa shape index (κ3) is 7.64. The molecule has 3 aliphatic rings. The lowest BCUT2D eigenvalue weighted by molar-refractivity contribution is -0.147. The topological polar surface area (TPSA) is 145 Å². The Morgan fingerprint density at radius 3 is 2.51 bits per heavy atom. The van der Waals surface area contributed by atoms with Gasteiger partial charge in [0.2, 0.25) is 5.91 Å². The number of hydrogen-bond acceptors (Lipinski definition) is 10. The number of nitrogens with one attached hydrogen (secondary N) is 2. The number of thioether (sulfide) groups is 1. The molecule has 6 atom stereocenters. The van der Waals surface area contributed by atoms with Gasteiger partial charge in [0.05, 0.1) is 45.3 Å². The Labute approximate surface area is 279 Å². The molecular weight excluding hydrogens is 626 g/mol. The van der Waals surface area contributed by atoms with Gasteiger partial charge < -0.3 is 44.3 Å². The first-order valence-corrected chi connectivity index (χ1v) is 16.8. The highest BCUT2D eigenvalue weighted by Gasteiger charge is 2.50. The van der Waals surface area contributed by atoms with Crippen LogP contribution in [0.15, 0.2) is 36.4 Å². The fraction of sp³-hybridized carbons (Fsp3) is 0.559. The number of alkyl carbamates (subject to hydrolysis) is 1. The fourth-order valence-corrected chi connectivity index (χ4v) is 7.67. The molecule has 0 unspecified atom stereocenters. The normalized spacial score (nSPS) is 24.3. The van der Waals surface area contributed by atoms with Crippen LogP contribution in [0.5, 0.6) is 11.5 Å². The van der Waals surface area contributed by atoms with E-state index in [0.717, 1.165) is 16.7 Å². The average molecular weight is 672 g/mol. The first kappa shape index (κ1) is 34.8. The van der Waals surface area contributed by atoms with E-state index in [-0.39, 0.29) is 30.7 Å². The summed E-state index contributed by atoms with van der Waals surface area (Å²) >= 11 is 1.45. The number of aliphatic hydroxyl groups is 1. The molecular formula is C34H45N3O9S. The van der Waals surface area contributed by atoms with Crippen molar-refractivity contribution in [2.24, 2.45) is 5.92 Å². The van der Waals surface area contributed by atoms with Crippen molar-refractivity contribution < 1.29 is 43.2 Å². The van der Waals surface area contributed by atoms with Gasteiger partial charge in [0.15, 0.2) is 23.9 Å². The number of amides is 3. The molecule has 3 heterocycles. The molecule has 256 valence electrons. The van der Waals surface area contributed by atoms with E-state index in [1.807, 2.05) is 45.9 Å². The van der Waals surface area contributed by atoms with Crippen LogP contribution in [0.3, 0.4) is 0 Å². The van der Waals surface area contributed by atoms with E-state index in [0.29, 0.717) is 36.6 Å². The summed E-state index contributed by atoms with van der Waals surface area (Å²) in [5, 5.41) is 17.4. The second-order valence-electron chi connectivity index (χ2n) is 12.7. The van der Waals surface area contributed by atoms with Crippen molar-refractivity contribution in [1.82, 2.24) is 15.5 Å². The summed E-state index contributed by atoms with van der Waals surface area (Å²) in [6.45, 7) is 8.82. The minimum absolute atomic E-state index is 0.0620. The maximum atomic E-state index is 14.1. The molecule has 3 N–H and O–H groups in total. The van der Waals surface area contributed by atoms with Crippen LogP contribution in [0.4, 0.5) is 4.79 Å². The van der Waals surface area contributed by atoms with Gasteiger partial charge in [-0.25, -0.2) is 4.79 Å². The molecule has 3 saturated heterocycles. The Balaban J connectivity index is 1.34. The number of benzene rings is 2. The Bertz CT molecular complexity index is 1450. The SMILES string of the molecule is COc1ccc(C[C@H](NC(=O)O[C@H]2CO[C@H]3OCC[C@H]32)[C@H](O)C(=O)N2CSC(C)(C)[C@H]2C(=O)NCc2c(C)cccc2C)cc1OC. The summed E-state index contributed by atoms with van der Waals surface area (Å²) in [6.07, 6.45) is -2.64. The van der Waals surface area contributed by atoms with Crippen molar-refractivity contribution in [3.05, 3.63) is 58.7 Å². The van der Waals surface area contributed by atoms with Crippen LogP contribution < -0.4 is 20.1 Å². The summed E-state index contributed by atoms with van der Waals surface area (Å²) in [4.78, 5) is 42.4. The number of carbonyl (C=O) groups excluding carboxylic acids is 3. The molecule has 3 amide bonds. The first-order valence-electron chi connectivity index (χ1n) is 15.8. The van der Waals surface area contributed by atoms with Crippen molar-refractivity contribution in [2.45, 2.75) is 82.4 Å². The highest BCUT2D eigenvalue weighted by Crippen LogP contribution is 2.40. The van der Waals surface area contributed by atoms with Gasteiger partial charge in [0.25, 0.3) is 5.91 Å². The molecule has 0 spiro atoms. The highest BCUT2D eigenvalue weighted by atomic mass is 32.2. The highest BCUT2D eigenvalue weighted by molar-refractivity contribution is 8.00. The molecule has 0 radical (unpaired) electrons. The first-order chi connectivity index (χ1) is 22.4. The van der Waals surface area contributed by atoms with Crippen molar-refractivity contribution in [3.63, 3.8) is 0 Å². The number of nitrogens with zero attached hydrogens (tertiary/aromatic N) is 1. The van der Waals surface area contributed by atoms with Crippen LogP contribution in [-0.4, -0.2) is 96.6 Å². The van der Waals surface area contributed by atoms with E-state index in [9.17, 15) is 19.5 Å². The summed E-state index contributed by atoms with van der Waals surface area (Å²) in [5.74, 6) is 0.0954. The number of methoxy groups -OCH3 is 2. The molecule has 47 heavy (non-hydrogen) atoms. The number of carbonyl (C=O) groups is 3. The molecule has 12 nitrogen and oxygen atoms in total. The number of ether oxygens (including phenoxy) is 5. The molecule has 13 heteroatoms. The Morgan fingerprint density at radius 1 is 1.09 bits per heavy atom. The molecule has 5 rings (SSSR count). The van der Waals surface area contributed by atoms with Gasteiger partial charge in [0, 0.05) is 11.3 Å². The Kier molecular flexibility index (Phi) is 10.9. The Hall–Kier alpha value is -3.52. The van der Waals surface area contributed by atoms with Crippen molar-refractivity contribution in [1.29, 1.82) is 0 Å². The lowest BCUT2D eigenvalue weighted by Crippen LogP contribution is -2.58. The van der Waals surface area contributed by atoms with Gasteiger partial charge in [-0.15, -0.1) is 11.8 Å². The number of fused-ring (bicyclic) bond motifs is 1. The third-order valence-corrected chi connectivity index (χ3v) is 10.6. The van der Waals surface area contributed by atoms with Crippen LogP contribution in [0, 0.1) is 19.8 Å². The maximum Gasteiger partial charge on any atom is 0.407 e. The van der Waals surface area contributed by atoms with Crippen LogP contribution in [0.1, 0.15) is 42.5 Å². The molecule has 2 aromatic rings. The molecule has 3 fully saturated rings. The summed E-state index contributed by atoms with van der Waals surface area (Å²) < 4.78 is 27.0. The molecule has 0 aliphatic carbocycles. The largest absolute Gasteiger partial charge is 0.493 e. The fourth-order valence-electron chi connectivity index (χ4n) is 6.53. The zero-order valence-corrected chi connectivity index (χ0v) is 28.6. The van der Waals surface area contributed by atoms with Gasteiger partial charge in [0.1, 0.15) is 12.1 Å². The zero-order chi connectivity index (χ0) is 33.9. The number of aryl methyl sites for hydroxylation is 2. The van der Waals surface area contributed by atoms with Gasteiger partial charge in [-0.1, -0.05) is 24.3 Å². The second kappa shape index (κ2) is 14.7. The van der Waals surface area contributed by atoms with Crippen LogP contribution in [0.2, 0.25) is 0 Å². The lowest BCUT2D eigenvalue weighted by Gasteiger charge is -2.33. The zero-order valence-electron chi connectivity index (χ0n) is 27.7. The summed E-state index contributed by atoms with van der Waals surface area (Å²) in [5.41, 5.74) is 3.81. The number of rotatable bonds is 11. The molecule has 0 aromatic heterocycles. The van der Waals surface area contributed by atoms with E-state index in [1.165, 1.54) is 30.9 Å². The van der Waals surface area contributed by atoms with Crippen molar-refractivity contribution >= 4 is 29.7 Å². The number of aliphatic hydroxyl groups excluding tert-OH is 1. The van der Waals surface area contributed by atoms with E-state index in [4.69, 9.17) is 23.7 Å². The third-order valence-electron chi connectivity index (χ3n) is 9.25. The molecule has 2 aromatic carbocycles. The predicted octanol–water partition coefficient (Wildman–Crippen LogP) is 3.08. The predicted molar refractivity (Wildman–Crippen MR) is 175 cm³/mol. The van der Waals surface area contributed by atoms with Gasteiger partial charge >= 0.3 is 6.09 Å². The van der Waals surface area contributed by atoms with Gasteiger partial charge in [-0.2, -0.15) is 0 Å². The minimum atomic E-state index is -1.69. The van der Waals surface area contributed by atoms with E-state index in [1.54, 1.807) is 18.2 Å². The summed E-state index contributed by atoms with van der Waals surface area (Å²) in [7, 11) is 3.03. The van der Waals surface area contributed by atoms with E-state index >= 15 is 0 Å². The van der Waals surface area contributed by atoms with E-state index < -0.39 is 47.3 Å². The van der Waals surface area contributed by atoms with Gasteiger partial charge in [-0.05, 0) is 74.9 Å². The Morgan fingerprint density at radius 2 is 1.81 bits per heavy atom. The van der Waals surface area contributed by atoms with Crippen molar-refractivity contribution in [3.8, 4) is 11.5 Å². The van der Waals surface area contributed by atoms with Crippen LogP contribution in [-0.2, 0) is 36.8 Å². The van der Waals surface area contributed by atoms with Crippen LogP contribution in [0.25, 0.3) is 0 Å². The second-order valence-corrected chi connectivity index (χ2v) is 14.3. The number of hydrogen-bond donors (Lipinski definition) is 3.